The zero-order valence-electron chi connectivity index (χ0n) is 18.5. The third-order valence-electron chi connectivity index (χ3n) is 4.83. The van der Waals surface area contributed by atoms with Gasteiger partial charge in [0, 0.05) is 12.1 Å². The third kappa shape index (κ3) is 5.83. The number of aromatic nitrogens is 3. The van der Waals surface area contributed by atoms with Crippen molar-refractivity contribution in [2.24, 2.45) is 15.4 Å². The number of aryl methyl sites for hydroxylation is 1. The predicted octanol–water partition coefficient (Wildman–Crippen LogP) is 3.48. The minimum Gasteiger partial charge on any atom is -0.258 e. The molecule has 3 aromatic carbocycles. The van der Waals surface area contributed by atoms with E-state index in [1.54, 1.807) is 12.1 Å². The van der Waals surface area contributed by atoms with Crippen LogP contribution < -0.4 is 10.4 Å². The second-order valence-corrected chi connectivity index (χ2v) is 9.08. The number of benzene rings is 3. The molecule has 0 aliphatic heterocycles. The molecule has 0 atom stereocenters. The van der Waals surface area contributed by atoms with Crippen LogP contribution in [0.4, 0.5) is 11.4 Å². The molecule has 0 amide bonds. The summed E-state index contributed by atoms with van der Waals surface area (Å²) in [6, 6.07) is 21.2. The quantitative estimate of drug-likeness (QED) is 0.227. The van der Waals surface area contributed by atoms with Gasteiger partial charge in [-0.3, -0.25) is 10.1 Å². The van der Waals surface area contributed by atoms with Gasteiger partial charge in [0.15, 0.2) is 0 Å². The highest BCUT2D eigenvalue weighted by molar-refractivity contribution is 7.92. The monoisotopic (exact) mass is 492 g/mol. The van der Waals surface area contributed by atoms with Crippen molar-refractivity contribution >= 4 is 21.4 Å². The molecule has 1 aromatic heterocycles. The van der Waals surface area contributed by atoms with Gasteiger partial charge in [0.05, 0.1) is 22.1 Å². The predicted molar refractivity (Wildman–Crippen MR) is 127 cm³/mol. The number of nitro benzene ring substituents is 1. The lowest BCUT2D eigenvalue weighted by molar-refractivity contribution is -0.384. The molecule has 0 radical (unpaired) electrons. The first kappa shape index (κ1) is 23.5. The van der Waals surface area contributed by atoms with E-state index in [9.17, 15) is 18.5 Å². The van der Waals surface area contributed by atoms with Gasteiger partial charge in [0.2, 0.25) is 0 Å². The molecule has 12 nitrogen and oxygen atoms in total. The van der Waals surface area contributed by atoms with Crippen LogP contribution in [0.2, 0.25) is 0 Å². The molecular weight excluding hydrogens is 472 g/mol. The SMILES string of the molecule is Cc1ccc(S(=O)(=O)Nn2cnn(Cc3ccccc3)/c2=N\N=Nc2ccc([N+](=O)[O-])cc2)cc1. The lowest BCUT2D eigenvalue weighted by Gasteiger charge is -2.08. The molecule has 0 saturated heterocycles. The molecule has 0 aliphatic rings. The fourth-order valence-corrected chi connectivity index (χ4v) is 4.02. The summed E-state index contributed by atoms with van der Waals surface area (Å²) in [5.41, 5.74) is 2.16. The number of sulfonamides is 1. The highest BCUT2D eigenvalue weighted by atomic mass is 32.2. The van der Waals surface area contributed by atoms with Crippen molar-refractivity contribution in [3.63, 3.8) is 0 Å². The molecule has 4 aromatic rings. The van der Waals surface area contributed by atoms with Gasteiger partial charge < -0.3 is 0 Å². The van der Waals surface area contributed by atoms with Crippen LogP contribution in [0.3, 0.4) is 0 Å². The van der Waals surface area contributed by atoms with Gasteiger partial charge >= 0.3 is 0 Å². The second kappa shape index (κ2) is 10.1. The van der Waals surface area contributed by atoms with E-state index in [-0.39, 0.29) is 16.2 Å². The van der Waals surface area contributed by atoms with Crippen LogP contribution >= 0.6 is 0 Å². The van der Waals surface area contributed by atoms with E-state index in [4.69, 9.17) is 0 Å². The molecule has 0 saturated carbocycles. The van der Waals surface area contributed by atoms with Crippen molar-refractivity contribution in [1.82, 2.24) is 14.5 Å². The Balaban J connectivity index is 1.68. The number of hydrogen-bond donors (Lipinski definition) is 1. The third-order valence-corrected chi connectivity index (χ3v) is 6.16. The molecule has 1 N–H and O–H groups in total. The number of nitro groups is 1. The molecular formula is C22H20N8O4S. The molecule has 0 bridgehead atoms. The summed E-state index contributed by atoms with van der Waals surface area (Å²) in [5.74, 6) is 0. The van der Waals surface area contributed by atoms with E-state index in [1.807, 2.05) is 37.3 Å². The maximum absolute atomic E-state index is 12.9. The smallest absolute Gasteiger partial charge is 0.258 e. The molecule has 35 heavy (non-hydrogen) atoms. The Bertz CT molecular complexity index is 1530. The Morgan fingerprint density at radius 3 is 2.34 bits per heavy atom. The summed E-state index contributed by atoms with van der Waals surface area (Å²) >= 11 is 0. The Morgan fingerprint density at radius 1 is 1.00 bits per heavy atom. The van der Waals surface area contributed by atoms with E-state index < -0.39 is 14.9 Å². The molecule has 0 fully saturated rings. The standard InChI is InChI=1S/C22H20N8O4S/c1-17-7-13-21(14-8-17)35(33,34)27-29-16-23-28(15-18-5-3-2-4-6-18)22(29)25-26-24-19-9-11-20(12-10-19)30(31)32/h2-14,16,27H,15H2,1H3/b25-22+,26-24?. The zero-order chi connectivity index (χ0) is 24.8. The van der Waals surface area contributed by atoms with Crippen LogP contribution in [0.1, 0.15) is 11.1 Å². The molecule has 0 spiro atoms. The van der Waals surface area contributed by atoms with Crippen molar-refractivity contribution in [3.05, 3.63) is 112 Å². The summed E-state index contributed by atoms with van der Waals surface area (Å²) in [7, 11) is -3.94. The van der Waals surface area contributed by atoms with Gasteiger partial charge in [-0.25, -0.2) is 9.51 Å². The Kier molecular flexibility index (Phi) is 6.78. The van der Waals surface area contributed by atoms with Gasteiger partial charge in [0.25, 0.3) is 21.3 Å². The molecule has 1 heterocycles. The maximum atomic E-state index is 12.9. The van der Waals surface area contributed by atoms with Gasteiger partial charge in [0.1, 0.15) is 6.33 Å². The number of non-ortho nitro benzene ring substituents is 1. The summed E-state index contributed by atoms with van der Waals surface area (Å²) in [4.78, 5) is 12.8. The summed E-state index contributed by atoms with van der Waals surface area (Å²) in [6.45, 7) is 2.16. The fraction of sp³-hybridized carbons (Fsp3) is 0.0909. The van der Waals surface area contributed by atoms with Crippen LogP contribution in [-0.4, -0.2) is 27.8 Å². The summed E-state index contributed by atoms with van der Waals surface area (Å²) in [5, 5.41) is 26.9. The van der Waals surface area contributed by atoms with E-state index in [0.717, 1.165) is 15.8 Å². The van der Waals surface area contributed by atoms with Crippen LogP contribution in [-0.2, 0) is 16.6 Å². The molecule has 178 valence electrons. The van der Waals surface area contributed by atoms with Gasteiger partial charge in [-0.2, -0.15) is 18.2 Å². The lowest BCUT2D eigenvalue weighted by Crippen LogP contribution is -2.35. The minimum absolute atomic E-state index is 0.0650. The van der Waals surface area contributed by atoms with Gasteiger partial charge in [-0.05, 0) is 42.0 Å². The average molecular weight is 493 g/mol. The number of nitrogens with zero attached hydrogens (tertiary/aromatic N) is 7. The first-order valence-electron chi connectivity index (χ1n) is 10.3. The molecule has 0 aliphatic carbocycles. The van der Waals surface area contributed by atoms with Crippen molar-refractivity contribution in [2.75, 3.05) is 4.83 Å². The van der Waals surface area contributed by atoms with Gasteiger partial charge in [-0.15, -0.1) is 5.11 Å². The zero-order valence-corrected chi connectivity index (χ0v) is 19.3. The largest absolute Gasteiger partial charge is 0.275 e. The van der Waals surface area contributed by atoms with Crippen LogP contribution in [0.5, 0.6) is 0 Å². The number of nitrogens with one attached hydrogen (secondary N) is 1. The molecule has 13 heteroatoms. The van der Waals surface area contributed by atoms with Crippen molar-refractivity contribution in [2.45, 2.75) is 18.4 Å². The Labute approximate surface area is 200 Å². The molecule has 0 unspecified atom stereocenters. The van der Waals surface area contributed by atoms with Crippen molar-refractivity contribution in [1.29, 1.82) is 0 Å². The highest BCUT2D eigenvalue weighted by Gasteiger charge is 2.16. The first-order chi connectivity index (χ1) is 16.8. The number of hydrogen-bond acceptors (Lipinski definition) is 7. The first-order valence-corrected chi connectivity index (χ1v) is 11.8. The fourth-order valence-electron chi connectivity index (χ4n) is 3.03. The van der Waals surface area contributed by atoms with Crippen LogP contribution in [0.15, 0.2) is 106 Å². The maximum Gasteiger partial charge on any atom is 0.275 e. The average Bonchev–Trinajstić information content (AvgIpc) is 3.20. The normalized spacial score (nSPS) is 12.2. The molecule has 4 rings (SSSR count). The van der Waals surface area contributed by atoms with E-state index in [0.29, 0.717) is 12.2 Å². The highest BCUT2D eigenvalue weighted by Crippen LogP contribution is 2.18. The number of rotatable bonds is 8. The van der Waals surface area contributed by atoms with Crippen LogP contribution in [0.25, 0.3) is 0 Å². The lowest BCUT2D eigenvalue weighted by atomic mass is 10.2. The van der Waals surface area contributed by atoms with Crippen molar-refractivity contribution in [3.8, 4) is 0 Å². The van der Waals surface area contributed by atoms with E-state index >= 15 is 0 Å². The van der Waals surface area contributed by atoms with E-state index in [1.165, 1.54) is 47.4 Å². The van der Waals surface area contributed by atoms with Gasteiger partial charge in [-0.1, -0.05) is 53.1 Å². The van der Waals surface area contributed by atoms with Crippen molar-refractivity contribution < 1.29 is 13.3 Å². The minimum atomic E-state index is -3.94. The second-order valence-electron chi connectivity index (χ2n) is 7.41. The Hall–Kier alpha value is -4.65. The van der Waals surface area contributed by atoms with Crippen LogP contribution in [0, 0.1) is 17.0 Å². The summed E-state index contributed by atoms with van der Waals surface area (Å²) < 4.78 is 28.4. The van der Waals surface area contributed by atoms with E-state index in [2.05, 4.69) is 25.4 Å². The topological polar surface area (TPSA) is 149 Å². The summed E-state index contributed by atoms with van der Waals surface area (Å²) in [6.07, 6.45) is 1.27. The Morgan fingerprint density at radius 2 is 1.69 bits per heavy atom.